The van der Waals surface area contributed by atoms with Crippen LogP contribution < -0.4 is 0 Å². The molecule has 0 bridgehead atoms. The molecular formula is C13H12ClN3. The molecular weight excluding hydrogens is 234 g/mol. The summed E-state index contributed by atoms with van der Waals surface area (Å²) in [4.78, 5) is 9.33. The zero-order valence-corrected chi connectivity index (χ0v) is 9.93. The van der Waals surface area contributed by atoms with E-state index in [0.29, 0.717) is 0 Å². The Kier molecular flexibility index (Phi) is 2.61. The fourth-order valence-corrected chi connectivity index (χ4v) is 2.16. The number of hydrogen-bond donors (Lipinski definition) is 1. The zero-order valence-electron chi connectivity index (χ0n) is 9.18. The van der Waals surface area contributed by atoms with Crippen LogP contribution in [0, 0.1) is 0 Å². The summed E-state index contributed by atoms with van der Waals surface area (Å²) < 4.78 is 0. The molecule has 2 aromatic rings. The molecule has 1 atom stereocenters. The van der Waals surface area contributed by atoms with Gasteiger partial charge in [0.2, 0.25) is 0 Å². The monoisotopic (exact) mass is 245 g/mol. The van der Waals surface area contributed by atoms with Crippen LogP contribution in [0.3, 0.4) is 0 Å². The number of allylic oxidation sites excluding steroid dienone is 1. The Morgan fingerprint density at radius 3 is 3.18 bits per heavy atom. The second-order valence-corrected chi connectivity index (χ2v) is 4.41. The summed E-state index contributed by atoms with van der Waals surface area (Å²) >= 11 is 6.10. The van der Waals surface area contributed by atoms with Crippen LogP contribution in [0.5, 0.6) is 0 Å². The minimum absolute atomic E-state index is 0.306. The summed E-state index contributed by atoms with van der Waals surface area (Å²) in [6.07, 6.45) is 7.53. The molecule has 1 aliphatic rings. The van der Waals surface area contributed by atoms with Crippen molar-refractivity contribution in [2.45, 2.75) is 12.2 Å². The van der Waals surface area contributed by atoms with E-state index in [9.17, 15) is 0 Å². The zero-order chi connectivity index (χ0) is 11.7. The van der Waals surface area contributed by atoms with E-state index in [1.165, 1.54) is 10.9 Å². The predicted octanol–water partition coefficient (Wildman–Crippen LogP) is 3.09. The highest BCUT2D eigenvalue weighted by Crippen LogP contribution is 2.18. The average Bonchev–Trinajstić information content (AvgIpc) is 2.79. The Morgan fingerprint density at radius 1 is 1.35 bits per heavy atom. The lowest BCUT2D eigenvalue weighted by molar-refractivity contribution is 0.345. The van der Waals surface area contributed by atoms with E-state index < -0.39 is 0 Å². The van der Waals surface area contributed by atoms with Crippen molar-refractivity contribution in [3.05, 3.63) is 48.3 Å². The second-order valence-electron chi connectivity index (χ2n) is 4.02. The molecule has 86 valence electrons. The first-order chi connectivity index (χ1) is 8.33. The highest BCUT2D eigenvalue weighted by molar-refractivity contribution is 6.20. The average molecular weight is 246 g/mol. The molecule has 0 spiro atoms. The van der Waals surface area contributed by atoms with Crippen molar-refractivity contribution < 1.29 is 0 Å². The molecule has 4 heteroatoms. The number of nitrogens with one attached hydrogen (secondary N) is 1. The summed E-state index contributed by atoms with van der Waals surface area (Å²) in [6.45, 7) is 0.761. The first kappa shape index (κ1) is 10.4. The van der Waals surface area contributed by atoms with Gasteiger partial charge < -0.3 is 9.88 Å². The van der Waals surface area contributed by atoms with Crippen molar-refractivity contribution in [3.8, 4) is 0 Å². The summed E-state index contributed by atoms with van der Waals surface area (Å²) in [7, 11) is 0. The number of nitrogens with zero attached hydrogens (tertiary/aromatic N) is 2. The molecule has 0 aliphatic carbocycles. The Bertz CT molecular complexity index is 585. The van der Waals surface area contributed by atoms with Crippen LogP contribution in [0.15, 0.2) is 47.7 Å². The van der Waals surface area contributed by atoms with E-state index in [-0.39, 0.29) is 5.62 Å². The Hall–Kier alpha value is -1.74. The maximum atomic E-state index is 6.10. The number of aromatic amines is 1. The van der Waals surface area contributed by atoms with Gasteiger partial charge >= 0.3 is 0 Å². The van der Waals surface area contributed by atoms with Crippen LogP contribution in [0.25, 0.3) is 10.9 Å². The van der Waals surface area contributed by atoms with Crippen LogP contribution in [-0.4, -0.2) is 21.7 Å². The van der Waals surface area contributed by atoms with Gasteiger partial charge in [-0.15, -0.1) is 0 Å². The van der Waals surface area contributed by atoms with E-state index >= 15 is 0 Å². The number of aromatic nitrogens is 1. The molecule has 0 radical (unpaired) electrons. The number of aliphatic imine (C=N–C) groups is 1. The van der Waals surface area contributed by atoms with Gasteiger partial charge in [0.25, 0.3) is 0 Å². The van der Waals surface area contributed by atoms with Gasteiger partial charge in [0.05, 0.1) is 0 Å². The summed E-state index contributed by atoms with van der Waals surface area (Å²) in [5.41, 5.74) is 2.06. The standard InChI is InChI=1S/C13H12ClN3/c14-13-16-5-1-7-17(13)9-10-2-3-11-4-6-15-12(11)8-10/h1-8,13,15H,9H2. The van der Waals surface area contributed by atoms with Crippen LogP contribution in [0.1, 0.15) is 5.56 Å². The third-order valence-corrected chi connectivity index (χ3v) is 3.19. The van der Waals surface area contributed by atoms with Crippen LogP contribution in [-0.2, 0) is 6.54 Å². The lowest BCUT2D eigenvalue weighted by atomic mass is 10.1. The fourth-order valence-electron chi connectivity index (χ4n) is 1.96. The van der Waals surface area contributed by atoms with Crippen molar-refractivity contribution >= 4 is 28.7 Å². The van der Waals surface area contributed by atoms with Crippen molar-refractivity contribution in [3.63, 3.8) is 0 Å². The summed E-state index contributed by atoms with van der Waals surface area (Å²) in [5.74, 6) is 0. The molecule has 2 heterocycles. The Labute approximate surface area is 104 Å². The maximum absolute atomic E-state index is 6.10. The predicted molar refractivity (Wildman–Crippen MR) is 71.1 cm³/mol. The lowest BCUT2D eigenvalue weighted by Gasteiger charge is -2.24. The number of H-pyrrole nitrogens is 1. The molecule has 1 unspecified atom stereocenters. The molecule has 1 aromatic heterocycles. The van der Waals surface area contributed by atoms with E-state index in [0.717, 1.165) is 12.1 Å². The smallest absolute Gasteiger partial charge is 0.197 e. The number of rotatable bonds is 2. The van der Waals surface area contributed by atoms with Gasteiger partial charge in [-0.25, -0.2) is 0 Å². The van der Waals surface area contributed by atoms with E-state index in [2.05, 4.69) is 34.2 Å². The molecule has 0 amide bonds. The highest BCUT2D eigenvalue weighted by atomic mass is 35.5. The van der Waals surface area contributed by atoms with Gasteiger partial charge in [-0.05, 0) is 29.2 Å². The van der Waals surface area contributed by atoms with Crippen molar-refractivity contribution in [2.75, 3.05) is 0 Å². The summed E-state index contributed by atoms with van der Waals surface area (Å²) in [6, 6.07) is 8.44. The fraction of sp³-hybridized carbons (Fsp3) is 0.154. The quantitative estimate of drug-likeness (QED) is 0.640. The van der Waals surface area contributed by atoms with Gasteiger partial charge in [-0.1, -0.05) is 23.7 Å². The second kappa shape index (κ2) is 4.26. The van der Waals surface area contributed by atoms with E-state index in [1.54, 1.807) is 6.21 Å². The molecule has 3 rings (SSSR count). The third kappa shape index (κ3) is 2.06. The third-order valence-electron chi connectivity index (χ3n) is 2.83. The van der Waals surface area contributed by atoms with Crippen molar-refractivity contribution in [2.24, 2.45) is 4.99 Å². The minimum Gasteiger partial charge on any atom is -0.361 e. The van der Waals surface area contributed by atoms with Gasteiger partial charge in [0.15, 0.2) is 5.62 Å². The first-order valence-electron chi connectivity index (χ1n) is 5.49. The van der Waals surface area contributed by atoms with Crippen LogP contribution in [0.4, 0.5) is 0 Å². The largest absolute Gasteiger partial charge is 0.361 e. The number of alkyl halides is 1. The number of benzene rings is 1. The number of hydrogen-bond acceptors (Lipinski definition) is 2. The first-order valence-corrected chi connectivity index (χ1v) is 5.92. The number of halogens is 1. The maximum Gasteiger partial charge on any atom is 0.197 e. The highest BCUT2D eigenvalue weighted by Gasteiger charge is 2.12. The molecule has 1 N–H and O–H groups in total. The van der Waals surface area contributed by atoms with Gasteiger partial charge in [0, 0.05) is 30.7 Å². The molecule has 0 saturated carbocycles. The molecule has 3 nitrogen and oxygen atoms in total. The molecule has 1 aliphatic heterocycles. The number of fused-ring (bicyclic) bond motifs is 1. The SMILES string of the molecule is ClC1N=CC=CN1Cc1ccc2cc[nH]c2c1. The van der Waals surface area contributed by atoms with Crippen molar-refractivity contribution in [1.82, 2.24) is 9.88 Å². The molecule has 0 fully saturated rings. The Morgan fingerprint density at radius 2 is 2.29 bits per heavy atom. The van der Waals surface area contributed by atoms with Gasteiger partial charge in [-0.3, -0.25) is 4.99 Å². The van der Waals surface area contributed by atoms with Crippen LogP contribution in [0.2, 0.25) is 0 Å². The van der Waals surface area contributed by atoms with E-state index in [4.69, 9.17) is 11.6 Å². The molecule has 0 saturated heterocycles. The van der Waals surface area contributed by atoms with Crippen molar-refractivity contribution in [1.29, 1.82) is 0 Å². The van der Waals surface area contributed by atoms with Gasteiger partial charge in [-0.2, -0.15) is 0 Å². The molecule has 1 aromatic carbocycles. The Balaban J connectivity index is 1.84. The lowest BCUT2D eigenvalue weighted by Crippen LogP contribution is -2.25. The van der Waals surface area contributed by atoms with Crippen LogP contribution >= 0.6 is 11.6 Å². The van der Waals surface area contributed by atoms with Gasteiger partial charge in [0.1, 0.15) is 0 Å². The summed E-state index contributed by atoms with van der Waals surface area (Å²) in [5, 5.41) is 1.23. The minimum atomic E-state index is -0.306. The molecule has 17 heavy (non-hydrogen) atoms. The van der Waals surface area contributed by atoms with E-state index in [1.807, 2.05) is 23.4 Å². The topological polar surface area (TPSA) is 31.4 Å². The normalized spacial score (nSPS) is 19.1.